The average Bonchev–Trinajstić information content (AvgIpc) is 2.65. The Bertz CT molecular complexity index is 426. The molecule has 0 aromatic heterocycles. The summed E-state index contributed by atoms with van der Waals surface area (Å²) in [4.78, 5) is 11.4. The van der Waals surface area contributed by atoms with Crippen LogP contribution in [0.15, 0.2) is 6.07 Å². The summed E-state index contributed by atoms with van der Waals surface area (Å²) in [6, 6.07) is 1.70. The number of Topliss-reactive ketones (excluding diaryl/α,β-unsaturated/α-hetero) is 1. The number of halogens is 1. The maximum Gasteiger partial charge on any atom is 0.163 e. The zero-order valence-corrected chi connectivity index (χ0v) is 9.35. The SMILES string of the molecule is COc1c(C(C)=O)cc2c(c1Cl)CCO2. The van der Waals surface area contributed by atoms with Gasteiger partial charge in [0.25, 0.3) is 0 Å². The predicted molar refractivity (Wildman–Crippen MR) is 57.2 cm³/mol. The zero-order valence-electron chi connectivity index (χ0n) is 8.59. The monoisotopic (exact) mass is 226 g/mol. The molecule has 1 aliphatic heterocycles. The molecule has 0 unspecified atom stereocenters. The molecule has 1 heterocycles. The molecule has 0 aliphatic carbocycles. The first kappa shape index (κ1) is 10.3. The van der Waals surface area contributed by atoms with Gasteiger partial charge in [-0.25, -0.2) is 0 Å². The van der Waals surface area contributed by atoms with Crippen molar-refractivity contribution in [3.8, 4) is 11.5 Å². The van der Waals surface area contributed by atoms with Gasteiger partial charge in [-0.3, -0.25) is 4.79 Å². The lowest BCUT2D eigenvalue weighted by atomic mass is 10.1. The van der Waals surface area contributed by atoms with E-state index in [4.69, 9.17) is 21.1 Å². The highest BCUT2D eigenvalue weighted by atomic mass is 35.5. The first-order chi connectivity index (χ1) is 7.15. The molecule has 4 heteroatoms. The number of hydrogen-bond acceptors (Lipinski definition) is 3. The number of hydrogen-bond donors (Lipinski definition) is 0. The topological polar surface area (TPSA) is 35.5 Å². The highest BCUT2D eigenvalue weighted by Gasteiger charge is 2.23. The van der Waals surface area contributed by atoms with Crippen LogP contribution >= 0.6 is 11.6 Å². The van der Waals surface area contributed by atoms with Crippen LogP contribution in [0.3, 0.4) is 0 Å². The van der Waals surface area contributed by atoms with Crippen molar-refractivity contribution in [2.24, 2.45) is 0 Å². The molecule has 0 saturated carbocycles. The van der Waals surface area contributed by atoms with Crippen LogP contribution in [0.2, 0.25) is 5.02 Å². The summed E-state index contributed by atoms with van der Waals surface area (Å²) in [5.74, 6) is 1.08. The van der Waals surface area contributed by atoms with Crippen LogP contribution in [0.25, 0.3) is 0 Å². The van der Waals surface area contributed by atoms with Crippen molar-refractivity contribution in [2.45, 2.75) is 13.3 Å². The van der Waals surface area contributed by atoms with Crippen LogP contribution in [0.5, 0.6) is 11.5 Å². The Morgan fingerprint density at radius 3 is 2.93 bits per heavy atom. The van der Waals surface area contributed by atoms with E-state index in [1.807, 2.05) is 0 Å². The van der Waals surface area contributed by atoms with Gasteiger partial charge >= 0.3 is 0 Å². The summed E-state index contributed by atoms with van der Waals surface area (Å²) in [5.41, 5.74) is 1.40. The largest absolute Gasteiger partial charge is 0.494 e. The molecule has 80 valence electrons. The number of carbonyl (C=O) groups excluding carboxylic acids is 1. The maximum atomic E-state index is 11.4. The van der Waals surface area contributed by atoms with Crippen molar-refractivity contribution in [3.05, 3.63) is 22.2 Å². The number of ketones is 1. The van der Waals surface area contributed by atoms with Gasteiger partial charge in [0.1, 0.15) is 11.5 Å². The number of methoxy groups -OCH3 is 1. The van der Waals surface area contributed by atoms with Crippen LogP contribution in [-0.2, 0) is 6.42 Å². The lowest BCUT2D eigenvalue weighted by molar-refractivity contribution is 0.101. The van der Waals surface area contributed by atoms with Crippen molar-refractivity contribution in [1.29, 1.82) is 0 Å². The second-order valence-electron chi connectivity index (χ2n) is 3.40. The normalized spacial score (nSPS) is 13.3. The summed E-state index contributed by atoms with van der Waals surface area (Å²) >= 11 is 6.15. The molecule has 15 heavy (non-hydrogen) atoms. The van der Waals surface area contributed by atoms with Gasteiger partial charge in [-0.2, -0.15) is 0 Å². The molecule has 0 bridgehead atoms. The van der Waals surface area contributed by atoms with Crippen molar-refractivity contribution < 1.29 is 14.3 Å². The lowest BCUT2D eigenvalue weighted by Crippen LogP contribution is -1.99. The van der Waals surface area contributed by atoms with E-state index in [-0.39, 0.29) is 5.78 Å². The molecule has 0 N–H and O–H groups in total. The third-order valence-electron chi connectivity index (χ3n) is 2.47. The van der Waals surface area contributed by atoms with Gasteiger partial charge in [-0.05, 0) is 13.0 Å². The van der Waals surface area contributed by atoms with Gasteiger partial charge < -0.3 is 9.47 Å². The maximum absolute atomic E-state index is 11.4. The fourth-order valence-electron chi connectivity index (χ4n) is 1.73. The summed E-state index contributed by atoms with van der Waals surface area (Å²) in [5, 5.41) is 0.498. The third kappa shape index (κ3) is 1.57. The second kappa shape index (κ2) is 3.74. The van der Waals surface area contributed by atoms with Gasteiger partial charge in [0.15, 0.2) is 5.78 Å². The van der Waals surface area contributed by atoms with Crippen LogP contribution in [-0.4, -0.2) is 19.5 Å². The van der Waals surface area contributed by atoms with Crippen molar-refractivity contribution >= 4 is 17.4 Å². The van der Waals surface area contributed by atoms with Gasteiger partial charge in [-0.1, -0.05) is 11.6 Å². The molecule has 0 radical (unpaired) electrons. The number of rotatable bonds is 2. The minimum atomic E-state index is -0.0768. The Kier molecular flexibility index (Phi) is 2.57. The number of carbonyl (C=O) groups is 1. The first-order valence-corrected chi connectivity index (χ1v) is 5.06. The van der Waals surface area contributed by atoms with Gasteiger partial charge in [0.2, 0.25) is 0 Å². The Labute approximate surface area is 92.9 Å². The molecule has 0 fully saturated rings. The minimum Gasteiger partial charge on any atom is -0.494 e. The summed E-state index contributed by atoms with van der Waals surface area (Å²) in [6.07, 6.45) is 0.767. The highest BCUT2D eigenvalue weighted by molar-refractivity contribution is 6.33. The van der Waals surface area contributed by atoms with E-state index in [1.165, 1.54) is 14.0 Å². The van der Waals surface area contributed by atoms with Crippen molar-refractivity contribution in [3.63, 3.8) is 0 Å². The quantitative estimate of drug-likeness (QED) is 0.727. The molecule has 0 atom stereocenters. The molecule has 1 aromatic rings. The zero-order chi connectivity index (χ0) is 11.0. The number of ether oxygens (including phenoxy) is 2. The van der Waals surface area contributed by atoms with Crippen molar-refractivity contribution in [1.82, 2.24) is 0 Å². The molecule has 1 aliphatic rings. The van der Waals surface area contributed by atoms with E-state index >= 15 is 0 Å². The summed E-state index contributed by atoms with van der Waals surface area (Å²) < 4.78 is 10.5. The van der Waals surface area contributed by atoms with Crippen molar-refractivity contribution in [2.75, 3.05) is 13.7 Å². The molecular formula is C11H11ClO3. The van der Waals surface area contributed by atoms with E-state index < -0.39 is 0 Å². The highest BCUT2D eigenvalue weighted by Crippen LogP contribution is 2.41. The van der Waals surface area contributed by atoms with Crippen LogP contribution in [0.1, 0.15) is 22.8 Å². The molecule has 0 spiro atoms. The predicted octanol–water partition coefficient (Wildman–Crippen LogP) is 2.49. The Hall–Kier alpha value is -1.22. The summed E-state index contributed by atoms with van der Waals surface area (Å²) in [6.45, 7) is 2.09. The van der Waals surface area contributed by atoms with E-state index in [1.54, 1.807) is 6.07 Å². The van der Waals surface area contributed by atoms with E-state index in [0.29, 0.717) is 28.7 Å². The fourth-order valence-corrected chi connectivity index (χ4v) is 2.10. The smallest absolute Gasteiger partial charge is 0.163 e. The molecule has 2 rings (SSSR count). The Balaban J connectivity index is 2.66. The van der Waals surface area contributed by atoms with Gasteiger partial charge in [0, 0.05) is 12.0 Å². The standard InChI is InChI=1S/C11H11ClO3/c1-6(13)8-5-9-7(3-4-15-9)10(12)11(8)14-2/h5H,3-4H2,1-2H3. The van der Waals surface area contributed by atoms with Crippen LogP contribution in [0.4, 0.5) is 0 Å². The minimum absolute atomic E-state index is 0.0768. The molecular weight excluding hydrogens is 216 g/mol. The molecule has 0 saturated heterocycles. The van der Waals surface area contributed by atoms with E-state index in [0.717, 1.165) is 12.0 Å². The first-order valence-electron chi connectivity index (χ1n) is 4.68. The van der Waals surface area contributed by atoms with E-state index in [9.17, 15) is 4.79 Å². The molecule has 0 amide bonds. The Morgan fingerprint density at radius 2 is 2.33 bits per heavy atom. The Morgan fingerprint density at radius 1 is 1.60 bits per heavy atom. The number of fused-ring (bicyclic) bond motifs is 1. The molecule has 1 aromatic carbocycles. The van der Waals surface area contributed by atoms with Gasteiger partial charge in [0.05, 0.1) is 24.3 Å². The number of benzene rings is 1. The lowest BCUT2D eigenvalue weighted by Gasteiger charge is -2.11. The van der Waals surface area contributed by atoms with Crippen LogP contribution in [0, 0.1) is 0 Å². The average molecular weight is 227 g/mol. The fraction of sp³-hybridized carbons (Fsp3) is 0.364. The van der Waals surface area contributed by atoms with Crippen LogP contribution < -0.4 is 9.47 Å². The molecule has 3 nitrogen and oxygen atoms in total. The third-order valence-corrected chi connectivity index (χ3v) is 2.87. The summed E-state index contributed by atoms with van der Waals surface area (Å²) in [7, 11) is 1.51. The van der Waals surface area contributed by atoms with E-state index in [2.05, 4.69) is 0 Å². The van der Waals surface area contributed by atoms with Gasteiger partial charge in [-0.15, -0.1) is 0 Å². The second-order valence-corrected chi connectivity index (χ2v) is 3.78.